The molecule has 0 aromatic heterocycles. The van der Waals surface area contributed by atoms with Gasteiger partial charge in [0, 0.05) is 18.7 Å². The average Bonchev–Trinajstić information content (AvgIpc) is 2.77. The Bertz CT molecular complexity index is 837. The van der Waals surface area contributed by atoms with Crippen molar-refractivity contribution in [3.8, 4) is 11.5 Å². The van der Waals surface area contributed by atoms with Crippen LogP contribution >= 0.6 is 0 Å². The fraction of sp³-hybridized carbons (Fsp3) is 0.417. The van der Waals surface area contributed by atoms with Gasteiger partial charge < -0.3 is 25.4 Å². The molecule has 2 aromatic carbocycles. The van der Waals surface area contributed by atoms with Crippen molar-refractivity contribution >= 4 is 17.6 Å². The van der Waals surface area contributed by atoms with E-state index in [9.17, 15) is 4.79 Å². The van der Waals surface area contributed by atoms with Crippen molar-refractivity contribution in [3.63, 3.8) is 0 Å². The van der Waals surface area contributed by atoms with Crippen molar-refractivity contribution in [2.75, 3.05) is 25.5 Å². The topological polar surface area (TPSA) is 84.0 Å². The smallest absolute Gasteiger partial charge is 0.224 e. The molecule has 0 aliphatic carbocycles. The Morgan fingerprint density at radius 2 is 1.74 bits per heavy atom. The summed E-state index contributed by atoms with van der Waals surface area (Å²) in [5, 5.41) is 9.46. The second-order valence-corrected chi connectivity index (χ2v) is 7.15. The summed E-state index contributed by atoms with van der Waals surface area (Å²) < 4.78 is 11.3. The van der Waals surface area contributed by atoms with Gasteiger partial charge >= 0.3 is 0 Å². The summed E-state index contributed by atoms with van der Waals surface area (Å²) in [6.07, 6.45) is 1.29. The van der Waals surface area contributed by atoms with E-state index in [1.54, 1.807) is 7.11 Å². The van der Waals surface area contributed by atoms with Gasteiger partial charge in [-0.05, 0) is 50.1 Å². The van der Waals surface area contributed by atoms with Gasteiger partial charge in [-0.15, -0.1) is 0 Å². The molecular weight excluding hydrogens is 392 g/mol. The molecule has 0 aliphatic heterocycles. The maximum Gasteiger partial charge on any atom is 0.224 e. The summed E-state index contributed by atoms with van der Waals surface area (Å²) in [6.45, 7) is 7.89. The molecule has 1 unspecified atom stereocenters. The number of amides is 1. The predicted molar refractivity (Wildman–Crippen MR) is 126 cm³/mol. The molecule has 0 aliphatic rings. The maximum atomic E-state index is 11.7. The van der Waals surface area contributed by atoms with E-state index in [1.165, 1.54) is 0 Å². The van der Waals surface area contributed by atoms with Gasteiger partial charge in [-0.25, -0.2) is 4.99 Å². The van der Waals surface area contributed by atoms with Crippen LogP contribution in [0, 0.1) is 0 Å². The molecule has 2 aromatic rings. The largest absolute Gasteiger partial charge is 0.493 e. The number of para-hydroxylation sites is 2. The summed E-state index contributed by atoms with van der Waals surface area (Å²) in [4.78, 5) is 16.3. The van der Waals surface area contributed by atoms with Crippen LogP contribution in [0.15, 0.2) is 53.5 Å². The van der Waals surface area contributed by atoms with Crippen molar-refractivity contribution in [1.29, 1.82) is 0 Å². The van der Waals surface area contributed by atoms with Gasteiger partial charge in [0.2, 0.25) is 5.91 Å². The predicted octanol–water partition coefficient (Wildman–Crippen LogP) is 3.96. The molecular formula is C24H34N4O3. The number of ether oxygens (including phenoxy) is 2. The summed E-state index contributed by atoms with van der Waals surface area (Å²) in [7, 11) is 1.63. The van der Waals surface area contributed by atoms with Crippen LogP contribution in [0.4, 0.5) is 5.69 Å². The third-order valence-electron chi connectivity index (χ3n) is 4.43. The van der Waals surface area contributed by atoms with Crippen molar-refractivity contribution in [2.24, 2.45) is 4.99 Å². The van der Waals surface area contributed by atoms with Crippen LogP contribution in [0.3, 0.4) is 0 Å². The summed E-state index contributed by atoms with van der Waals surface area (Å²) in [5.41, 5.74) is 1.86. The number of aliphatic imine (C=N–C) groups is 1. The number of anilines is 1. The Labute approximate surface area is 185 Å². The minimum atomic E-state index is -0.0776. The lowest BCUT2D eigenvalue weighted by molar-refractivity contribution is -0.116. The van der Waals surface area contributed by atoms with Gasteiger partial charge in [0.25, 0.3) is 0 Å². The van der Waals surface area contributed by atoms with E-state index in [4.69, 9.17) is 9.47 Å². The number of guanidine groups is 1. The van der Waals surface area contributed by atoms with Crippen LogP contribution < -0.4 is 25.4 Å². The molecule has 0 heterocycles. The molecule has 0 fully saturated rings. The van der Waals surface area contributed by atoms with Crippen molar-refractivity contribution in [3.05, 3.63) is 54.1 Å². The number of nitrogens with one attached hydrogen (secondary N) is 3. The number of methoxy groups -OCH3 is 1. The Morgan fingerprint density at radius 3 is 2.39 bits per heavy atom. The molecule has 3 N–H and O–H groups in total. The highest BCUT2D eigenvalue weighted by Gasteiger charge is 2.09. The molecule has 0 radical (unpaired) electrons. The van der Waals surface area contributed by atoms with Crippen molar-refractivity contribution in [1.82, 2.24) is 10.6 Å². The van der Waals surface area contributed by atoms with E-state index < -0.39 is 0 Å². The number of nitrogens with zero attached hydrogens (tertiary/aromatic N) is 1. The third kappa shape index (κ3) is 8.58. The van der Waals surface area contributed by atoms with E-state index >= 15 is 0 Å². The second kappa shape index (κ2) is 13.2. The van der Waals surface area contributed by atoms with Crippen molar-refractivity contribution in [2.45, 2.75) is 46.3 Å². The highest BCUT2D eigenvalue weighted by molar-refractivity contribution is 5.90. The fourth-order valence-corrected chi connectivity index (χ4v) is 2.87. The van der Waals surface area contributed by atoms with E-state index in [0.717, 1.165) is 30.2 Å². The SMILES string of the molecule is CCCC(=O)Nc1ccc(CN=C(NCC)NCC(C)Oc2ccccc2OC)cc1. The Morgan fingerprint density at radius 1 is 1.03 bits per heavy atom. The van der Waals surface area contributed by atoms with Crippen LogP contribution in [-0.2, 0) is 11.3 Å². The molecule has 1 atom stereocenters. The van der Waals surface area contributed by atoms with Gasteiger partial charge in [-0.3, -0.25) is 4.79 Å². The van der Waals surface area contributed by atoms with Gasteiger partial charge in [-0.1, -0.05) is 31.2 Å². The first-order valence-corrected chi connectivity index (χ1v) is 10.8. The first-order chi connectivity index (χ1) is 15.0. The normalized spacial score (nSPS) is 12.1. The van der Waals surface area contributed by atoms with E-state index in [2.05, 4.69) is 20.9 Å². The van der Waals surface area contributed by atoms with Gasteiger partial charge in [0.05, 0.1) is 20.2 Å². The molecule has 7 nitrogen and oxygen atoms in total. The molecule has 2 rings (SSSR count). The standard InChI is InChI=1S/C24H34N4O3/c1-5-9-23(29)28-20-14-12-19(13-15-20)17-27-24(25-6-2)26-16-18(3)31-22-11-8-7-10-21(22)30-4/h7-8,10-15,18H,5-6,9,16-17H2,1-4H3,(H,28,29)(H2,25,26,27). The van der Waals surface area contributed by atoms with Gasteiger partial charge in [0.1, 0.15) is 6.10 Å². The molecule has 0 spiro atoms. The summed E-state index contributed by atoms with van der Waals surface area (Å²) in [6, 6.07) is 15.4. The number of hydrogen-bond donors (Lipinski definition) is 3. The van der Waals surface area contributed by atoms with Crippen LogP contribution in [0.5, 0.6) is 11.5 Å². The van der Waals surface area contributed by atoms with E-state index in [-0.39, 0.29) is 12.0 Å². The summed E-state index contributed by atoms with van der Waals surface area (Å²) in [5.74, 6) is 2.19. The molecule has 0 saturated carbocycles. The van der Waals surface area contributed by atoms with Crippen LogP contribution in [0.2, 0.25) is 0 Å². The first-order valence-electron chi connectivity index (χ1n) is 10.8. The van der Waals surface area contributed by atoms with Crippen molar-refractivity contribution < 1.29 is 14.3 Å². The molecule has 7 heteroatoms. The number of carbonyl (C=O) groups is 1. The zero-order valence-electron chi connectivity index (χ0n) is 18.9. The van der Waals surface area contributed by atoms with Gasteiger partial charge in [-0.2, -0.15) is 0 Å². The van der Waals surface area contributed by atoms with E-state index in [0.29, 0.717) is 31.0 Å². The number of rotatable bonds is 11. The molecule has 1 amide bonds. The van der Waals surface area contributed by atoms with Crippen LogP contribution in [0.25, 0.3) is 0 Å². The molecule has 0 bridgehead atoms. The van der Waals surface area contributed by atoms with E-state index in [1.807, 2.05) is 69.3 Å². The van der Waals surface area contributed by atoms with Crippen LogP contribution in [0.1, 0.15) is 39.2 Å². The van der Waals surface area contributed by atoms with Crippen LogP contribution in [-0.4, -0.2) is 38.2 Å². The Kier molecular flexibility index (Phi) is 10.2. The lowest BCUT2D eigenvalue weighted by atomic mass is 10.2. The average molecular weight is 427 g/mol. The number of carbonyl (C=O) groups excluding carboxylic acids is 1. The molecule has 168 valence electrons. The first kappa shape index (κ1) is 24.1. The van der Waals surface area contributed by atoms with Gasteiger partial charge in [0.15, 0.2) is 17.5 Å². The second-order valence-electron chi connectivity index (χ2n) is 7.15. The number of hydrogen-bond acceptors (Lipinski definition) is 4. The fourth-order valence-electron chi connectivity index (χ4n) is 2.87. The highest BCUT2D eigenvalue weighted by atomic mass is 16.5. The quantitative estimate of drug-likeness (QED) is 0.374. The summed E-state index contributed by atoms with van der Waals surface area (Å²) >= 11 is 0. The number of benzene rings is 2. The minimum Gasteiger partial charge on any atom is -0.493 e. The Balaban J connectivity index is 1.88. The zero-order valence-corrected chi connectivity index (χ0v) is 18.9. The Hall–Kier alpha value is -3.22. The lowest BCUT2D eigenvalue weighted by Gasteiger charge is -2.19. The monoisotopic (exact) mass is 426 g/mol. The zero-order chi connectivity index (χ0) is 22.5. The molecule has 0 saturated heterocycles. The molecule has 31 heavy (non-hydrogen) atoms. The minimum absolute atomic E-state index is 0.0383. The maximum absolute atomic E-state index is 11.7. The highest BCUT2D eigenvalue weighted by Crippen LogP contribution is 2.26. The third-order valence-corrected chi connectivity index (χ3v) is 4.43. The lowest BCUT2D eigenvalue weighted by Crippen LogP contribution is -2.41.